The zero-order valence-corrected chi connectivity index (χ0v) is 12.4. The molecule has 0 amide bonds. The fourth-order valence-electron chi connectivity index (χ4n) is 1.98. The van der Waals surface area contributed by atoms with Crippen LogP contribution in [0.3, 0.4) is 0 Å². The summed E-state index contributed by atoms with van der Waals surface area (Å²) < 4.78 is 0. The molecule has 0 radical (unpaired) electrons. The summed E-state index contributed by atoms with van der Waals surface area (Å²) in [6.07, 6.45) is 3.05. The van der Waals surface area contributed by atoms with Crippen LogP contribution in [0.1, 0.15) is 40.0 Å². The molecule has 5 heteroatoms. The van der Waals surface area contributed by atoms with Gasteiger partial charge in [0.2, 0.25) is 0 Å². The summed E-state index contributed by atoms with van der Waals surface area (Å²) in [6, 6.07) is 4.99. The molecule has 0 fully saturated rings. The summed E-state index contributed by atoms with van der Waals surface area (Å²) in [4.78, 5) is 10.6. The van der Waals surface area contributed by atoms with Gasteiger partial charge in [0.05, 0.1) is 4.92 Å². The van der Waals surface area contributed by atoms with Gasteiger partial charge in [-0.3, -0.25) is 10.1 Å². The number of rotatable bonds is 7. The molecule has 0 heterocycles. The fourth-order valence-corrected chi connectivity index (χ4v) is 2.14. The van der Waals surface area contributed by atoms with E-state index in [-0.39, 0.29) is 11.7 Å². The first kappa shape index (κ1) is 15.8. The highest BCUT2D eigenvalue weighted by atomic mass is 35.5. The van der Waals surface area contributed by atoms with Crippen LogP contribution in [0.4, 0.5) is 11.4 Å². The second kappa shape index (κ2) is 7.34. The molecule has 0 saturated carbocycles. The first-order valence-electron chi connectivity index (χ1n) is 6.68. The van der Waals surface area contributed by atoms with Gasteiger partial charge in [0, 0.05) is 17.1 Å². The summed E-state index contributed by atoms with van der Waals surface area (Å²) in [5.41, 5.74) is 0.583. The molecule has 1 aromatic carbocycles. The molecule has 19 heavy (non-hydrogen) atoms. The van der Waals surface area contributed by atoms with Crippen LogP contribution < -0.4 is 5.32 Å². The summed E-state index contributed by atoms with van der Waals surface area (Å²) in [7, 11) is 0. The second-order valence-corrected chi connectivity index (χ2v) is 5.35. The molecular formula is C14H21ClN2O2. The molecule has 1 N–H and O–H groups in total. The Morgan fingerprint density at radius 2 is 2.05 bits per heavy atom. The lowest BCUT2D eigenvalue weighted by Crippen LogP contribution is -2.21. The number of nitro benzene ring substituents is 1. The molecule has 0 spiro atoms. The number of nitrogens with one attached hydrogen (secondary N) is 1. The summed E-state index contributed by atoms with van der Waals surface area (Å²) in [6.45, 7) is 6.44. The largest absolute Gasteiger partial charge is 0.377 e. The van der Waals surface area contributed by atoms with E-state index < -0.39 is 4.92 Å². The van der Waals surface area contributed by atoms with Gasteiger partial charge >= 0.3 is 0 Å². The molecule has 0 bridgehead atoms. The lowest BCUT2D eigenvalue weighted by atomic mass is 9.97. The molecule has 0 aliphatic rings. The minimum atomic E-state index is -0.399. The van der Waals surface area contributed by atoms with E-state index in [1.54, 1.807) is 12.1 Å². The Labute approximate surface area is 119 Å². The van der Waals surface area contributed by atoms with Crippen molar-refractivity contribution in [2.45, 2.75) is 46.1 Å². The van der Waals surface area contributed by atoms with Crippen molar-refractivity contribution in [1.29, 1.82) is 0 Å². The Morgan fingerprint density at radius 1 is 1.37 bits per heavy atom. The van der Waals surface area contributed by atoms with Crippen molar-refractivity contribution < 1.29 is 4.92 Å². The van der Waals surface area contributed by atoms with Crippen LogP contribution in [0.5, 0.6) is 0 Å². The highest BCUT2D eigenvalue weighted by Gasteiger charge is 2.18. The topological polar surface area (TPSA) is 55.2 Å². The molecular weight excluding hydrogens is 264 g/mol. The maximum absolute atomic E-state index is 11.0. The van der Waals surface area contributed by atoms with Crippen molar-refractivity contribution in [3.63, 3.8) is 0 Å². The number of nitro groups is 1. The van der Waals surface area contributed by atoms with E-state index in [0.29, 0.717) is 16.6 Å². The monoisotopic (exact) mass is 284 g/mol. The van der Waals surface area contributed by atoms with Gasteiger partial charge in [-0.2, -0.15) is 0 Å². The third-order valence-corrected chi connectivity index (χ3v) is 3.63. The predicted molar refractivity (Wildman–Crippen MR) is 79.9 cm³/mol. The molecule has 2 atom stereocenters. The van der Waals surface area contributed by atoms with Gasteiger partial charge in [-0.15, -0.1) is 0 Å². The average Bonchev–Trinajstić information content (AvgIpc) is 2.39. The van der Waals surface area contributed by atoms with Gasteiger partial charge < -0.3 is 5.32 Å². The Bertz CT molecular complexity index is 437. The molecule has 0 aromatic heterocycles. The zero-order chi connectivity index (χ0) is 14.4. The van der Waals surface area contributed by atoms with Crippen LogP contribution in [0.2, 0.25) is 5.02 Å². The number of hydrogen-bond acceptors (Lipinski definition) is 3. The van der Waals surface area contributed by atoms with E-state index in [2.05, 4.69) is 26.1 Å². The van der Waals surface area contributed by atoms with Crippen molar-refractivity contribution in [3.05, 3.63) is 33.3 Å². The molecule has 0 saturated heterocycles. The highest BCUT2D eigenvalue weighted by Crippen LogP contribution is 2.29. The van der Waals surface area contributed by atoms with E-state index in [1.807, 2.05) is 0 Å². The van der Waals surface area contributed by atoms with Crippen LogP contribution in [0, 0.1) is 16.0 Å². The highest BCUT2D eigenvalue weighted by molar-refractivity contribution is 6.30. The maximum atomic E-state index is 11.0. The number of anilines is 1. The summed E-state index contributed by atoms with van der Waals surface area (Å²) >= 11 is 5.81. The Morgan fingerprint density at radius 3 is 2.58 bits per heavy atom. The third-order valence-electron chi connectivity index (χ3n) is 3.39. The Kier molecular flexibility index (Phi) is 6.09. The first-order valence-corrected chi connectivity index (χ1v) is 7.06. The summed E-state index contributed by atoms with van der Waals surface area (Å²) in [5, 5.41) is 14.7. The summed E-state index contributed by atoms with van der Waals surface area (Å²) in [5.74, 6) is 0.601. The van der Waals surface area contributed by atoms with E-state index in [1.165, 1.54) is 6.07 Å². The van der Waals surface area contributed by atoms with Crippen molar-refractivity contribution in [3.8, 4) is 0 Å². The molecule has 4 nitrogen and oxygen atoms in total. The molecule has 0 aliphatic carbocycles. The lowest BCUT2D eigenvalue weighted by Gasteiger charge is -2.21. The van der Waals surface area contributed by atoms with Gasteiger partial charge in [0.25, 0.3) is 5.69 Å². The molecule has 1 aromatic rings. The van der Waals surface area contributed by atoms with E-state index in [0.717, 1.165) is 19.3 Å². The minimum absolute atomic E-state index is 0.0371. The van der Waals surface area contributed by atoms with E-state index in [4.69, 9.17) is 11.6 Å². The average molecular weight is 285 g/mol. The van der Waals surface area contributed by atoms with E-state index in [9.17, 15) is 10.1 Å². The van der Waals surface area contributed by atoms with Crippen LogP contribution in [0.15, 0.2) is 18.2 Å². The Hall–Kier alpha value is -1.29. The van der Waals surface area contributed by atoms with Crippen LogP contribution in [0.25, 0.3) is 0 Å². The Balaban J connectivity index is 2.87. The quantitative estimate of drug-likeness (QED) is 0.574. The smallest absolute Gasteiger partial charge is 0.293 e. The standard InChI is InChI=1S/C14H21ClN2O2/c1-4-10(3)8-12(5-2)16-13-7-6-11(15)9-14(13)17(18)19/h6-7,9-10,12,16H,4-5,8H2,1-3H3. The van der Waals surface area contributed by atoms with Crippen LogP contribution in [-0.4, -0.2) is 11.0 Å². The van der Waals surface area contributed by atoms with Crippen molar-refractivity contribution in [1.82, 2.24) is 0 Å². The first-order chi connectivity index (χ1) is 8.97. The van der Waals surface area contributed by atoms with Gasteiger partial charge in [0.15, 0.2) is 0 Å². The van der Waals surface area contributed by atoms with Crippen LogP contribution >= 0.6 is 11.6 Å². The third kappa shape index (κ3) is 4.71. The number of halogens is 1. The molecule has 0 aliphatic heterocycles. The number of benzene rings is 1. The molecule has 106 valence electrons. The lowest BCUT2D eigenvalue weighted by molar-refractivity contribution is -0.384. The molecule has 2 unspecified atom stereocenters. The van der Waals surface area contributed by atoms with E-state index >= 15 is 0 Å². The maximum Gasteiger partial charge on any atom is 0.293 e. The fraction of sp³-hybridized carbons (Fsp3) is 0.571. The van der Waals surface area contributed by atoms with Crippen molar-refractivity contribution >= 4 is 23.0 Å². The van der Waals surface area contributed by atoms with Gasteiger partial charge in [-0.05, 0) is 30.9 Å². The second-order valence-electron chi connectivity index (χ2n) is 4.92. The van der Waals surface area contributed by atoms with Crippen molar-refractivity contribution in [2.24, 2.45) is 5.92 Å². The van der Waals surface area contributed by atoms with Gasteiger partial charge in [-0.1, -0.05) is 38.8 Å². The van der Waals surface area contributed by atoms with Crippen LogP contribution in [-0.2, 0) is 0 Å². The zero-order valence-electron chi connectivity index (χ0n) is 11.6. The number of hydrogen-bond donors (Lipinski definition) is 1. The predicted octanol–water partition coefficient (Wildman–Crippen LogP) is 4.87. The molecule has 1 rings (SSSR count). The van der Waals surface area contributed by atoms with Crippen molar-refractivity contribution in [2.75, 3.05) is 5.32 Å². The SMILES string of the molecule is CCC(C)CC(CC)Nc1ccc(Cl)cc1[N+](=O)[O-]. The minimum Gasteiger partial charge on any atom is -0.377 e. The van der Waals surface area contributed by atoms with Gasteiger partial charge in [-0.25, -0.2) is 0 Å². The normalized spacial score (nSPS) is 13.9. The number of nitrogens with zero attached hydrogens (tertiary/aromatic N) is 1. The van der Waals surface area contributed by atoms with Gasteiger partial charge in [0.1, 0.15) is 5.69 Å².